The molecule has 2 rings (SSSR count). The van der Waals surface area contributed by atoms with Crippen molar-refractivity contribution in [2.24, 2.45) is 5.92 Å². The second-order valence-corrected chi connectivity index (χ2v) is 4.54. The molecule has 0 bridgehead atoms. The van der Waals surface area contributed by atoms with Crippen LogP contribution in [0.4, 0.5) is 0 Å². The molecule has 2 aliphatic rings. The summed E-state index contributed by atoms with van der Waals surface area (Å²) < 4.78 is 5.52. The van der Waals surface area contributed by atoms with Crippen LogP contribution in [0.1, 0.15) is 20.3 Å². The Labute approximate surface area is 103 Å². The maximum atomic E-state index is 12.2. The summed E-state index contributed by atoms with van der Waals surface area (Å²) in [4.78, 5) is 14.2. The summed E-state index contributed by atoms with van der Waals surface area (Å²) in [7, 11) is 0. The van der Waals surface area contributed by atoms with Crippen molar-refractivity contribution in [1.82, 2.24) is 10.2 Å². The molecule has 3 unspecified atom stereocenters. The molecule has 0 spiro atoms. The molecule has 0 aliphatic carbocycles. The quantitative estimate of drug-likeness (QED) is 0.741. The summed E-state index contributed by atoms with van der Waals surface area (Å²) in [6, 6.07) is 0.215. The number of rotatable bonds is 1. The Balaban J connectivity index is 0.00000128. The van der Waals surface area contributed by atoms with E-state index in [1.165, 1.54) is 0 Å². The third-order valence-corrected chi connectivity index (χ3v) is 3.58. The standard InChI is InChI=1S/C11H20N2O2.ClH/c1-8-9(2)15-6-5-13(8)11(14)10-3-4-12-7-10;/h8-10,12H,3-7H2,1-2H3;1H. The SMILES string of the molecule is CC1OCCN(C(=O)C2CCNC2)C1C.Cl. The van der Waals surface area contributed by atoms with E-state index in [4.69, 9.17) is 4.74 Å². The first kappa shape index (κ1) is 13.7. The van der Waals surface area contributed by atoms with Crippen molar-refractivity contribution in [2.45, 2.75) is 32.4 Å². The summed E-state index contributed by atoms with van der Waals surface area (Å²) in [5, 5.41) is 3.24. The van der Waals surface area contributed by atoms with Crippen molar-refractivity contribution < 1.29 is 9.53 Å². The van der Waals surface area contributed by atoms with Gasteiger partial charge in [0.15, 0.2) is 0 Å². The summed E-state index contributed by atoms with van der Waals surface area (Å²) >= 11 is 0. The highest BCUT2D eigenvalue weighted by atomic mass is 35.5. The molecule has 0 saturated carbocycles. The van der Waals surface area contributed by atoms with E-state index in [1.54, 1.807) is 0 Å². The summed E-state index contributed by atoms with van der Waals surface area (Å²) in [6.45, 7) is 7.36. The number of carbonyl (C=O) groups excluding carboxylic acids is 1. The van der Waals surface area contributed by atoms with Crippen LogP contribution in [-0.4, -0.2) is 49.2 Å². The molecule has 0 aromatic carbocycles. The first-order valence-electron chi connectivity index (χ1n) is 5.83. The Kier molecular flexibility index (Phi) is 5.02. The van der Waals surface area contributed by atoms with Crippen LogP contribution in [0, 0.1) is 5.92 Å². The van der Waals surface area contributed by atoms with Gasteiger partial charge in [0.05, 0.1) is 24.7 Å². The largest absolute Gasteiger partial charge is 0.375 e. The van der Waals surface area contributed by atoms with Crippen molar-refractivity contribution in [2.75, 3.05) is 26.2 Å². The number of carbonyl (C=O) groups is 1. The van der Waals surface area contributed by atoms with Crippen molar-refractivity contribution in [3.8, 4) is 0 Å². The van der Waals surface area contributed by atoms with Crippen LogP contribution in [0.15, 0.2) is 0 Å². The fourth-order valence-electron chi connectivity index (χ4n) is 2.34. The molecule has 1 amide bonds. The Morgan fingerprint density at radius 1 is 1.44 bits per heavy atom. The average molecular weight is 249 g/mol. The Morgan fingerprint density at radius 2 is 2.19 bits per heavy atom. The molecule has 2 heterocycles. The van der Waals surface area contributed by atoms with Gasteiger partial charge in [-0.15, -0.1) is 12.4 Å². The van der Waals surface area contributed by atoms with E-state index in [0.29, 0.717) is 12.5 Å². The zero-order chi connectivity index (χ0) is 10.8. The highest BCUT2D eigenvalue weighted by Crippen LogP contribution is 2.19. The molecular formula is C11H21ClN2O2. The van der Waals surface area contributed by atoms with Gasteiger partial charge in [0.2, 0.25) is 5.91 Å². The number of amides is 1. The van der Waals surface area contributed by atoms with Crippen molar-refractivity contribution in [3.05, 3.63) is 0 Å². The van der Waals surface area contributed by atoms with Gasteiger partial charge in [-0.25, -0.2) is 0 Å². The maximum Gasteiger partial charge on any atom is 0.227 e. The maximum absolute atomic E-state index is 12.2. The minimum atomic E-state index is 0. The molecule has 2 saturated heterocycles. The van der Waals surface area contributed by atoms with Crippen molar-refractivity contribution in [3.63, 3.8) is 0 Å². The molecule has 4 nitrogen and oxygen atoms in total. The normalized spacial score (nSPS) is 34.6. The van der Waals surface area contributed by atoms with Crippen LogP contribution in [0.5, 0.6) is 0 Å². The molecular weight excluding hydrogens is 228 g/mol. The lowest BCUT2D eigenvalue weighted by Gasteiger charge is -2.39. The second kappa shape index (κ2) is 5.84. The first-order valence-corrected chi connectivity index (χ1v) is 5.83. The van der Waals surface area contributed by atoms with E-state index in [0.717, 1.165) is 26.1 Å². The molecule has 16 heavy (non-hydrogen) atoms. The van der Waals surface area contributed by atoms with Gasteiger partial charge in [-0.2, -0.15) is 0 Å². The minimum absolute atomic E-state index is 0. The number of nitrogens with one attached hydrogen (secondary N) is 1. The van der Waals surface area contributed by atoms with E-state index in [9.17, 15) is 4.79 Å². The van der Waals surface area contributed by atoms with Crippen LogP contribution < -0.4 is 5.32 Å². The molecule has 2 fully saturated rings. The Bertz CT molecular complexity index is 244. The summed E-state index contributed by atoms with van der Waals surface area (Å²) in [5.74, 6) is 0.500. The zero-order valence-electron chi connectivity index (χ0n) is 9.94. The Morgan fingerprint density at radius 3 is 2.81 bits per heavy atom. The van der Waals surface area contributed by atoms with Gasteiger partial charge in [0.25, 0.3) is 0 Å². The van der Waals surface area contributed by atoms with Crippen LogP contribution in [0.2, 0.25) is 0 Å². The Hall–Kier alpha value is -0.320. The highest BCUT2D eigenvalue weighted by Gasteiger charge is 2.34. The monoisotopic (exact) mass is 248 g/mol. The number of ether oxygens (including phenoxy) is 1. The van der Waals surface area contributed by atoms with Crippen LogP contribution in [0.25, 0.3) is 0 Å². The third kappa shape index (κ3) is 2.67. The van der Waals surface area contributed by atoms with Crippen LogP contribution >= 0.6 is 12.4 Å². The second-order valence-electron chi connectivity index (χ2n) is 4.54. The number of hydrogen-bond acceptors (Lipinski definition) is 3. The predicted molar refractivity (Wildman–Crippen MR) is 64.8 cm³/mol. The van der Waals surface area contributed by atoms with E-state index in [-0.39, 0.29) is 30.5 Å². The van der Waals surface area contributed by atoms with E-state index in [2.05, 4.69) is 12.2 Å². The lowest BCUT2D eigenvalue weighted by atomic mass is 10.0. The highest BCUT2D eigenvalue weighted by molar-refractivity contribution is 5.85. The van der Waals surface area contributed by atoms with Gasteiger partial charge in [0, 0.05) is 13.1 Å². The minimum Gasteiger partial charge on any atom is -0.375 e. The fraction of sp³-hybridized carbons (Fsp3) is 0.909. The van der Waals surface area contributed by atoms with Gasteiger partial charge in [-0.3, -0.25) is 4.79 Å². The lowest BCUT2D eigenvalue weighted by Crippen LogP contribution is -2.53. The number of hydrogen-bond donors (Lipinski definition) is 1. The molecule has 94 valence electrons. The molecule has 1 N–H and O–H groups in total. The van der Waals surface area contributed by atoms with Gasteiger partial charge in [-0.1, -0.05) is 0 Å². The molecule has 5 heteroatoms. The number of nitrogens with zero attached hydrogens (tertiary/aromatic N) is 1. The first-order chi connectivity index (χ1) is 7.20. The molecule has 0 aromatic heterocycles. The number of halogens is 1. The van der Waals surface area contributed by atoms with Crippen LogP contribution in [0.3, 0.4) is 0 Å². The average Bonchev–Trinajstić information content (AvgIpc) is 2.74. The third-order valence-electron chi connectivity index (χ3n) is 3.58. The van der Waals surface area contributed by atoms with E-state index < -0.39 is 0 Å². The van der Waals surface area contributed by atoms with Gasteiger partial charge >= 0.3 is 0 Å². The summed E-state index contributed by atoms with van der Waals surface area (Å²) in [6.07, 6.45) is 1.15. The van der Waals surface area contributed by atoms with Gasteiger partial charge in [-0.05, 0) is 26.8 Å². The van der Waals surface area contributed by atoms with E-state index >= 15 is 0 Å². The van der Waals surface area contributed by atoms with Crippen LogP contribution in [-0.2, 0) is 9.53 Å². The molecule has 3 atom stereocenters. The molecule has 0 aromatic rings. The smallest absolute Gasteiger partial charge is 0.227 e. The topological polar surface area (TPSA) is 41.6 Å². The molecule has 2 aliphatic heterocycles. The number of morpholine rings is 1. The van der Waals surface area contributed by atoms with Gasteiger partial charge < -0.3 is 15.0 Å². The van der Waals surface area contributed by atoms with E-state index in [1.807, 2.05) is 11.8 Å². The predicted octanol–water partition coefficient (Wildman–Crippen LogP) is 0.653. The molecule has 0 radical (unpaired) electrons. The van der Waals surface area contributed by atoms with Crippen molar-refractivity contribution in [1.29, 1.82) is 0 Å². The van der Waals surface area contributed by atoms with Gasteiger partial charge in [0.1, 0.15) is 0 Å². The summed E-state index contributed by atoms with van der Waals surface area (Å²) in [5.41, 5.74) is 0. The fourth-order valence-corrected chi connectivity index (χ4v) is 2.34. The van der Waals surface area contributed by atoms with Crippen molar-refractivity contribution >= 4 is 18.3 Å². The lowest BCUT2D eigenvalue weighted by molar-refractivity contribution is -0.147. The zero-order valence-corrected chi connectivity index (χ0v) is 10.8.